The second-order valence-electron chi connectivity index (χ2n) is 26.5. The number of aliphatic hydroxyl groups excluding tert-OH is 12. The van der Waals surface area contributed by atoms with Crippen LogP contribution in [0.1, 0.15) is 113 Å². The Morgan fingerprint density at radius 3 is 1.70 bits per heavy atom. The zero-order chi connectivity index (χ0) is 58.7. The minimum absolute atomic E-state index is 0.0320. The number of esters is 1. The van der Waals surface area contributed by atoms with Crippen LogP contribution in [0, 0.1) is 44.8 Å². The van der Waals surface area contributed by atoms with Crippen molar-refractivity contribution in [3.63, 3.8) is 0 Å². The summed E-state index contributed by atoms with van der Waals surface area (Å²) in [5.74, 6) is -2.31. The van der Waals surface area contributed by atoms with Crippen molar-refractivity contribution >= 4 is 17.7 Å². The third kappa shape index (κ3) is 10.1. The first-order valence-electron chi connectivity index (χ1n) is 28.2. The van der Waals surface area contributed by atoms with Gasteiger partial charge in [0.15, 0.2) is 31.3 Å². The van der Waals surface area contributed by atoms with E-state index in [9.17, 15) is 80.8 Å². The van der Waals surface area contributed by atoms with E-state index in [0.717, 1.165) is 18.4 Å². The van der Waals surface area contributed by atoms with Gasteiger partial charge in [-0.2, -0.15) is 0 Å². The van der Waals surface area contributed by atoms with Crippen LogP contribution in [0.4, 0.5) is 0 Å². The van der Waals surface area contributed by atoms with Crippen LogP contribution in [0.2, 0.25) is 0 Å². The lowest BCUT2D eigenvalue weighted by Crippen LogP contribution is -2.69. The van der Waals surface area contributed by atoms with Gasteiger partial charge in [0, 0.05) is 18.8 Å². The Morgan fingerprint density at radius 1 is 0.588 bits per heavy atom. The summed E-state index contributed by atoms with van der Waals surface area (Å²) >= 11 is 0. The Hall–Kier alpha value is -2.45. The molecule has 0 aromatic rings. The fourth-order valence-electron chi connectivity index (χ4n) is 16.7. The smallest absolute Gasteiger partial charge is 0.335 e. The van der Waals surface area contributed by atoms with Crippen LogP contribution < -0.4 is 0 Å². The number of allylic oxidation sites excluding steroid dienone is 1. The Morgan fingerprint density at radius 2 is 1.11 bits per heavy atom. The Labute approximate surface area is 464 Å². The van der Waals surface area contributed by atoms with Crippen molar-refractivity contribution in [2.24, 2.45) is 44.8 Å². The van der Waals surface area contributed by atoms with Crippen LogP contribution in [0.3, 0.4) is 0 Å². The molecular weight excluding hydrogens is 1060 g/mol. The number of hydrogen-bond acceptors (Lipinski definition) is 24. The average molecular weight is 1150 g/mol. The van der Waals surface area contributed by atoms with Gasteiger partial charge in [-0.25, -0.2) is 4.79 Å². The third-order valence-corrected chi connectivity index (χ3v) is 21.0. The van der Waals surface area contributed by atoms with Crippen molar-refractivity contribution in [3.05, 3.63) is 11.6 Å². The summed E-state index contributed by atoms with van der Waals surface area (Å²) in [4.78, 5) is 40.1. The maximum Gasteiger partial charge on any atom is 0.335 e. The predicted octanol–water partition coefficient (Wildman–Crippen LogP) is -1.97. The lowest BCUT2D eigenvalue weighted by atomic mass is 9.34. The molecule has 80 heavy (non-hydrogen) atoms. The minimum atomic E-state index is -2.16. The van der Waals surface area contributed by atoms with Gasteiger partial charge in [-0.1, -0.05) is 54.5 Å². The van der Waals surface area contributed by atoms with Gasteiger partial charge in [0.25, 0.3) is 0 Å². The lowest BCUT2D eigenvalue weighted by molar-refractivity contribution is -0.399. The summed E-state index contributed by atoms with van der Waals surface area (Å²) in [6.45, 7) is 13.9. The molecule has 5 aliphatic carbocycles. The monoisotopic (exact) mass is 1150 g/mol. The normalized spacial score (nSPS) is 51.9. The molecule has 0 aromatic carbocycles. The first-order chi connectivity index (χ1) is 37.4. The summed E-state index contributed by atoms with van der Waals surface area (Å²) in [7, 11) is 0. The number of ether oxygens (including phenoxy) is 9. The van der Waals surface area contributed by atoms with E-state index < -0.39 is 188 Å². The second kappa shape index (κ2) is 22.4. The van der Waals surface area contributed by atoms with E-state index in [1.165, 1.54) is 6.92 Å². The zero-order valence-electron chi connectivity index (χ0n) is 46.6. The molecule has 0 bridgehead atoms. The molecule has 0 spiro atoms. The maximum absolute atomic E-state index is 14.5. The average Bonchev–Trinajstić information content (AvgIpc) is 2.02. The molecule has 0 radical (unpaired) electrons. The zero-order valence-corrected chi connectivity index (χ0v) is 46.6. The summed E-state index contributed by atoms with van der Waals surface area (Å²) in [5.41, 5.74) is -2.23. The van der Waals surface area contributed by atoms with E-state index in [1.807, 2.05) is 0 Å². The highest BCUT2D eigenvalue weighted by Gasteiger charge is 2.72. The molecule has 4 saturated carbocycles. The van der Waals surface area contributed by atoms with Crippen LogP contribution in [-0.4, -0.2) is 238 Å². The molecule has 13 N–H and O–H groups in total. The van der Waals surface area contributed by atoms with Crippen LogP contribution in [0.15, 0.2) is 11.6 Å². The van der Waals surface area contributed by atoms with E-state index in [-0.39, 0.29) is 28.4 Å². The second-order valence-corrected chi connectivity index (χ2v) is 26.5. The molecule has 25 heteroatoms. The molecular formula is C55H86O25. The van der Waals surface area contributed by atoms with Crippen molar-refractivity contribution in [1.29, 1.82) is 0 Å². The van der Waals surface area contributed by atoms with Gasteiger partial charge in [-0.15, -0.1) is 0 Å². The minimum Gasteiger partial charge on any atom is -0.479 e. The molecule has 4 saturated heterocycles. The van der Waals surface area contributed by atoms with Crippen LogP contribution >= 0.6 is 0 Å². The fraction of sp³-hybridized carbons (Fsp3) is 0.909. The van der Waals surface area contributed by atoms with E-state index in [0.29, 0.717) is 44.9 Å². The van der Waals surface area contributed by atoms with Gasteiger partial charge in [-0.05, 0) is 90.4 Å². The summed E-state index contributed by atoms with van der Waals surface area (Å²) in [6, 6.07) is 0. The van der Waals surface area contributed by atoms with E-state index in [1.54, 1.807) is 0 Å². The number of carboxylic acid groups (broad SMARTS) is 1. The van der Waals surface area contributed by atoms with Gasteiger partial charge < -0.3 is 109 Å². The number of carboxylic acids is 1. The third-order valence-electron chi connectivity index (χ3n) is 21.0. The van der Waals surface area contributed by atoms with Crippen molar-refractivity contribution in [2.45, 2.75) is 248 Å². The highest BCUT2D eigenvalue weighted by Crippen LogP contribution is 2.75. The Bertz CT molecular complexity index is 2300. The highest BCUT2D eigenvalue weighted by molar-refractivity contribution is 5.87. The number of rotatable bonds is 13. The fourth-order valence-corrected chi connectivity index (χ4v) is 16.7. The number of ketones is 1. The van der Waals surface area contributed by atoms with Gasteiger partial charge in [0.2, 0.25) is 0 Å². The predicted molar refractivity (Wildman–Crippen MR) is 269 cm³/mol. The molecule has 4 aliphatic heterocycles. The van der Waals surface area contributed by atoms with Crippen LogP contribution in [-0.2, 0) is 57.0 Å². The summed E-state index contributed by atoms with van der Waals surface area (Å²) in [5, 5.41) is 140. The molecule has 0 amide bonds. The van der Waals surface area contributed by atoms with Crippen molar-refractivity contribution < 1.29 is 123 Å². The van der Waals surface area contributed by atoms with Gasteiger partial charge in [-0.3, -0.25) is 9.59 Å². The maximum atomic E-state index is 14.5. The van der Waals surface area contributed by atoms with E-state index >= 15 is 0 Å². The number of aliphatic hydroxyl groups is 12. The molecule has 0 aromatic heterocycles. The van der Waals surface area contributed by atoms with E-state index in [2.05, 4.69) is 54.5 Å². The largest absolute Gasteiger partial charge is 0.479 e. The lowest BCUT2D eigenvalue weighted by Gasteiger charge is -2.71. The highest BCUT2D eigenvalue weighted by atomic mass is 16.8. The molecule has 9 rings (SSSR count). The number of fused-ring (bicyclic) bond motifs is 7. The van der Waals surface area contributed by atoms with Gasteiger partial charge in [0.05, 0.1) is 31.8 Å². The molecule has 9 aliphatic rings. The molecule has 28 unspecified atom stereocenters. The Kier molecular flexibility index (Phi) is 17.4. The summed E-state index contributed by atoms with van der Waals surface area (Å²) in [6.07, 6.45) is -31.0. The van der Waals surface area contributed by atoms with Gasteiger partial charge >= 0.3 is 11.9 Å². The molecule has 8 fully saturated rings. The van der Waals surface area contributed by atoms with Gasteiger partial charge in [0.1, 0.15) is 103 Å². The van der Waals surface area contributed by atoms with Crippen LogP contribution in [0.25, 0.3) is 0 Å². The quantitative estimate of drug-likeness (QED) is 0.0541. The molecule has 25 nitrogen and oxygen atoms in total. The topological polar surface area (TPSA) is 397 Å². The first-order valence-corrected chi connectivity index (χ1v) is 28.2. The number of Topliss-reactive ketones (excluding diaryl/α,β-unsaturated/α-hetero) is 1. The standard InChI is InChI=1S/C55H86O25/c1-22(59)80-55-21-50(2,3)14-11-23(55)24(60)17-54(8)30(55)10-9-29-52(6)15-13-31(51(4,5)28(52)12-16-53(29,54)7)75-49-44(37(66)36(65)42(77-49)45(70)71)79-47-40(69)38(67)41(27(20-58)74-47)76-48-43(35(64)33(62)26(19-57)73-48)78-46-39(68)34(63)32(61)25(18-56)72-46/h10,23,25-29,31-44,46-49,56-58,61-69H,9,11-21H2,1-8H3,(H,70,71). The summed E-state index contributed by atoms with van der Waals surface area (Å²) < 4.78 is 54.0. The van der Waals surface area contributed by atoms with Crippen molar-refractivity contribution in [2.75, 3.05) is 19.8 Å². The molecule has 28 atom stereocenters. The SMILES string of the molecule is CC(=O)OC12CC(C)(C)CCC1C(=O)CC1(C)C2=CCC2C3(C)CCC(OC4OC(C(=O)O)C(O)C(O)C4OC4OC(CO)C(OC5OC(CO)C(O)C(O)C5OC5OC(CO)C(O)C(O)C5O)C(O)C4O)C(C)(C)C3CCC21C. The number of carbonyl (C=O) groups is 3. The molecule has 456 valence electrons. The number of carbonyl (C=O) groups excluding carboxylic acids is 2. The number of hydrogen-bond donors (Lipinski definition) is 13. The molecule has 4 heterocycles. The Balaban J connectivity index is 0.943. The van der Waals surface area contributed by atoms with Crippen molar-refractivity contribution in [1.82, 2.24) is 0 Å². The van der Waals surface area contributed by atoms with E-state index in [4.69, 9.17) is 42.6 Å². The van der Waals surface area contributed by atoms with Crippen molar-refractivity contribution in [3.8, 4) is 0 Å². The first kappa shape index (κ1) is 62.1. The van der Waals surface area contributed by atoms with Crippen LogP contribution in [0.5, 0.6) is 0 Å². The number of aliphatic carboxylic acids is 1.